The Morgan fingerprint density at radius 3 is 2.67 bits per heavy atom. The van der Waals surface area contributed by atoms with E-state index in [1.54, 1.807) is 18.5 Å². The lowest BCUT2D eigenvalue weighted by Gasteiger charge is -2.36. The molecule has 1 fully saturated rings. The molecule has 0 N–H and O–H groups in total. The van der Waals surface area contributed by atoms with Crippen molar-refractivity contribution in [3.8, 4) is 0 Å². The molecule has 0 amide bonds. The zero-order valence-corrected chi connectivity index (χ0v) is 16.6. The Morgan fingerprint density at radius 2 is 1.89 bits per heavy atom. The molecule has 1 saturated carbocycles. The van der Waals surface area contributed by atoms with Crippen LogP contribution >= 0.6 is 11.8 Å². The number of halogens is 1. The molecule has 142 valence electrons. The Balaban J connectivity index is 1.26. The summed E-state index contributed by atoms with van der Waals surface area (Å²) < 4.78 is 13.0. The number of rotatable bonds is 6. The number of benzene rings is 1. The highest BCUT2D eigenvalue weighted by atomic mass is 32.2. The van der Waals surface area contributed by atoms with Crippen molar-refractivity contribution < 1.29 is 4.39 Å². The van der Waals surface area contributed by atoms with Gasteiger partial charge in [0.2, 0.25) is 0 Å². The molecule has 0 bridgehead atoms. The van der Waals surface area contributed by atoms with Crippen molar-refractivity contribution in [2.24, 2.45) is 5.92 Å². The van der Waals surface area contributed by atoms with Crippen LogP contribution in [0.15, 0.2) is 36.7 Å². The van der Waals surface area contributed by atoms with Gasteiger partial charge in [-0.05, 0) is 55.1 Å². The smallest absolute Gasteiger partial charge is 0.139 e. The third-order valence-corrected chi connectivity index (χ3v) is 7.02. The number of thioether (sulfide) groups is 1. The maximum absolute atomic E-state index is 13.0. The molecule has 0 spiro atoms. The maximum atomic E-state index is 13.0. The predicted molar refractivity (Wildman–Crippen MR) is 111 cm³/mol. The van der Waals surface area contributed by atoms with Gasteiger partial charge in [-0.2, -0.15) is 11.8 Å². The molecule has 2 aliphatic rings. The third kappa shape index (κ3) is 4.34. The fourth-order valence-electron chi connectivity index (χ4n) is 4.12. The standard InChI is InChI=1S/C22H26FN3S/c1-26(22-20-3-2-4-21(20)24-15-25-22)19-11-7-17(8-12-19)14-27-13-16-5-9-18(23)10-6-16/h2-3,5-6,9-10,15,17,19H,4,7-8,11-14H2,1H3. The van der Waals surface area contributed by atoms with E-state index in [0.717, 1.165) is 29.6 Å². The summed E-state index contributed by atoms with van der Waals surface area (Å²) in [6.07, 6.45) is 12.0. The first-order valence-electron chi connectivity index (χ1n) is 9.76. The van der Waals surface area contributed by atoms with Crippen molar-refractivity contribution in [1.29, 1.82) is 0 Å². The average Bonchev–Trinajstić information content (AvgIpc) is 3.18. The molecular weight excluding hydrogens is 357 g/mol. The molecule has 27 heavy (non-hydrogen) atoms. The SMILES string of the molecule is CN(c1ncnc2c1C=CC2)C1CCC(CSCc2ccc(F)cc2)CC1. The fraction of sp³-hybridized carbons (Fsp3) is 0.455. The minimum absolute atomic E-state index is 0.156. The highest BCUT2D eigenvalue weighted by Crippen LogP contribution is 2.34. The van der Waals surface area contributed by atoms with Gasteiger partial charge in [-0.25, -0.2) is 14.4 Å². The number of allylic oxidation sites excluding steroid dienone is 1. The summed E-state index contributed by atoms with van der Waals surface area (Å²) in [5.74, 6) is 3.88. The van der Waals surface area contributed by atoms with Crippen molar-refractivity contribution in [1.82, 2.24) is 9.97 Å². The lowest BCUT2D eigenvalue weighted by Crippen LogP contribution is -2.36. The molecule has 0 unspecified atom stereocenters. The summed E-state index contributed by atoms with van der Waals surface area (Å²) in [6.45, 7) is 0. The largest absolute Gasteiger partial charge is 0.356 e. The molecule has 1 aromatic carbocycles. The van der Waals surface area contributed by atoms with Crippen LogP contribution < -0.4 is 4.90 Å². The second-order valence-electron chi connectivity index (χ2n) is 7.59. The van der Waals surface area contributed by atoms with E-state index in [-0.39, 0.29) is 5.82 Å². The van der Waals surface area contributed by atoms with Gasteiger partial charge in [0.25, 0.3) is 0 Å². The molecule has 0 saturated heterocycles. The van der Waals surface area contributed by atoms with Crippen LogP contribution in [0.25, 0.3) is 6.08 Å². The van der Waals surface area contributed by atoms with Gasteiger partial charge in [-0.1, -0.05) is 24.3 Å². The molecule has 5 heteroatoms. The van der Waals surface area contributed by atoms with E-state index in [1.807, 2.05) is 23.9 Å². The third-order valence-electron chi connectivity index (χ3n) is 5.77. The van der Waals surface area contributed by atoms with Crippen LogP contribution in [0.3, 0.4) is 0 Å². The highest BCUT2D eigenvalue weighted by Gasteiger charge is 2.26. The first-order chi connectivity index (χ1) is 13.2. The van der Waals surface area contributed by atoms with E-state index in [9.17, 15) is 4.39 Å². The second-order valence-corrected chi connectivity index (χ2v) is 8.62. The number of aromatic nitrogens is 2. The molecule has 4 rings (SSSR count). The number of hydrogen-bond donors (Lipinski definition) is 0. The number of fused-ring (bicyclic) bond motifs is 1. The average molecular weight is 384 g/mol. The van der Waals surface area contributed by atoms with Crippen molar-refractivity contribution in [3.05, 3.63) is 59.3 Å². The summed E-state index contributed by atoms with van der Waals surface area (Å²) in [5.41, 5.74) is 3.56. The van der Waals surface area contributed by atoms with Crippen LogP contribution in [-0.4, -0.2) is 28.8 Å². The maximum Gasteiger partial charge on any atom is 0.139 e. The summed E-state index contributed by atoms with van der Waals surface area (Å²) in [5, 5.41) is 0. The van der Waals surface area contributed by atoms with Crippen LogP contribution in [0.1, 0.15) is 42.5 Å². The van der Waals surface area contributed by atoms with Crippen LogP contribution in [-0.2, 0) is 12.2 Å². The zero-order valence-electron chi connectivity index (χ0n) is 15.8. The monoisotopic (exact) mass is 383 g/mol. The molecular formula is C22H26FN3S. The number of nitrogens with zero attached hydrogens (tertiary/aromatic N) is 3. The Hall–Kier alpha value is -1.88. The van der Waals surface area contributed by atoms with Crippen LogP contribution in [0.4, 0.5) is 10.2 Å². The van der Waals surface area contributed by atoms with Gasteiger partial charge in [0.05, 0.1) is 5.69 Å². The number of anilines is 1. The summed E-state index contributed by atoms with van der Waals surface area (Å²) >= 11 is 1.98. The van der Waals surface area contributed by atoms with E-state index < -0.39 is 0 Å². The molecule has 2 aliphatic carbocycles. The Labute approximate surface area is 165 Å². The van der Waals surface area contributed by atoms with Gasteiger partial charge < -0.3 is 4.90 Å². The van der Waals surface area contributed by atoms with Gasteiger partial charge in [-0.15, -0.1) is 0 Å². The van der Waals surface area contributed by atoms with Crippen molar-refractivity contribution in [2.45, 2.75) is 43.9 Å². The van der Waals surface area contributed by atoms with Crippen LogP contribution in [0, 0.1) is 11.7 Å². The van der Waals surface area contributed by atoms with E-state index in [0.29, 0.717) is 6.04 Å². The summed E-state index contributed by atoms with van der Waals surface area (Å²) in [6, 6.07) is 7.45. The first-order valence-corrected chi connectivity index (χ1v) is 10.9. The zero-order chi connectivity index (χ0) is 18.6. The van der Waals surface area contributed by atoms with E-state index in [1.165, 1.54) is 42.6 Å². The first kappa shape index (κ1) is 18.5. The van der Waals surface area contributed by atoms with Crippen LogP contribution in [0.5, 0.6) is 0 Å². The summed E-state index contributed by atoms with van der Waals surface area (Å²) in [4.78, 5) is 11.3. The van der Waals surface area contributed by atoms with Crippen LogP contribution in [0.2, 0.25) is 0 Å². The van der Waals surface area contributed by atoms with Gasteiger partial charge in [0.1, 0.15) is 18.0 Å². The minimum Gasteiger partial charge on any atom is -0.356 e. The Morgan fingerprint density at radius 1 is 1.11 bits per heavy atom. The van der Waals surface area contributed by atoms with Gasteiger partial charge in [-0.3, -0.25) is 0 Å². The van der Waals surface area contributed by atoms with Gasteiger partial charge in [0, 0.05) is 30.8 Å². The lowest BCUT2D eigenvalue weighted by atomic mass is 9.86. The van der Waals surface area contributed by atoms with E-state index in [2.05, 4.69) is 34.1 Å². The van der Waals surface area contributed by atoms with Gasteiger partial charge >= 0.3 is 0 Å². The quantitative estimate of drug-likeness (QED) is 0.693. The molecule has 0 aliphatic heterocycles. The molecule has 0 radical (unpaired) electrons. The molecule has 0 atom stereocenters. The number of hydrogen-bond acceptors (Lipinski definition) is 4. The van der Waals surface area contributed by atoms with Crippen molar-refractivity contribution >= 4 is 23.7 Å². The van der Waals surface area contributed by atoms with Crippen molar-refractivity contribution in [2.75, 3.05) is 17.7 Å². The minimum atomic E-state index is -0.156. The molecule has 2 aromatic rings. The molecule has 3 nitrogen and oxygen atoms in total. The lowest BCUT2D eigenvalue weighted by molar-refractivity contribution is 0.344. The van der Waals surface area contributed by atoms with E-state index >= 15 is 0 Å². The summed E-state index contributed by atoms with van der Waals surface area (Å²) in [7, 11) is 2.18. The normalized spacial score (nSPS) is 21.3. The molecule has 1 heterocycles. The van der Waals surface area contributed by atoms with Crippen molar-refractivity contribution in [3.63, 3.8) is 0 Å². The topological polar surface area (TPSA) is 29.0 Å². The molecule has 1 aromatic heterocycles. The second kappa shape index (κ2) is 8.42. The Kier molecular flexibility index (Phi) is 5.77. The van der Waals surface area contributed by atoms with E-state index in [4.69, 9.17) is 0 Å². The van der Waals surface area contributed by atoms with Gasteiger partial charge in [0.15, 0.2) is 0 Å². The Bertz CT molecular complexity index is 798. The fourth-order valence-corrected chi connectivity index (χ4v) is 5.33. The predicted octanol–water partition coefficient (Wildman–Crippen LogP) is 5.11. The highest BCUT2D eigenvalue weighted by molar-refractivity contribution is 7.98.